The number of rotatable bonds is 7. The second kappa shape index (κ2) is 8.88. The molecule has 4 rings (SSSR count). The average Bonchev–Trinajstić information content (AvgIpc) is 3.10. The SMILES string of the molecule is CCCOc1ccc(CN2CCC(N3Cc4cccc(C(N)=O)c4C3=O)CC2)cc1. The van der Waals surface area contributed by atoms with Crippen molar-refractivity contribution in [3.8, 4) is 5.75 Å². The summed E-state index contributed by atoms with van der Waals surface area (Å²) in [6.45, 7) is 6.21. The van der Waals surface area contributed by atoms with Crippen LogP contribution >= 0.6 is 0 Å². The molecule has 2 aromatic rings. The van der Waals surface area contributed by atoms with Gasteiger partial charge in [-0.05, 0) is 48.6 Å². The molecule has 2 amide bonds. The number of hydrogen-bond donors (Lipinski definition) is 1. The number of primary amides is 1. The number of hydrogen-bond acceptors (Lipinski definition) is 4. The fourth-order valence-electron chi connectivity index (χ4n) is 4.44. The lowest BCUT2D eigenvalue weighted by atomic mass is 10.0. The van der Waals surface area contributed by atoms with Gasteiger partial charge in [0.2, 0.25) is 5.91 Å². The Bertz CT molecular complexity index is 918. The molecule has 0 saturated carbocycles. The van der Waals surface area contributed by atoms with E-state index in [0.29, 0.717) is 17.7 Å². The van der Waals surface area contributed by atoms with Crippen molar-refractivity contribution in [1.82, 2.24) is 9.80 Å². The third-order valence-electron chi connectivity index (χ3n) is 6.03. The van der Waals surface area contributed by atoms with Gasteiger partial charge in [0.05, 0.1) is 17.7 Å². The number of likely N-dealkylation sites (tertiary alicyclic amines) is 1. The maximum absolute atomic E-state index is 13.0. The van der Waals surface area contributed by atoms with Crippen LogP contribution in [0.25, 0.3) is 0 Å². The van der Waals surface area contributed by atoms with E-state index in [0.717, 1.165) is 56.8 Å². The van der Waals surface area contributed by atoms with Gasteiger partial charge < -0.3 is 15.4 Å². The van der Waals surface area contributed by atoms with Crippen molar-refractivity contribution in [1.29, 1.82) is 0 Å². The highest BCUT2D eigenvalue weighted by atomic mass is 16.5. The van der Waals surface area contributed by atoms with Crippen molar-refractivity contribution in [3.63, 3.8) is 0 Å². The van der Waals surface area contributed by atoms with Crippen LogP contribution in [0.15, 0.2) is 42.5 Å². The smallest absolute Gasteiger partial charge is 0.255 e. The van der Waals surface area contributed by atoms with Crippen LogP contribution in [0, 0.1) is 0 Å². The van der Waals surface area contributed by atoms with Gasteiger partial charge in [-0.2, -0.15) is 0 Å². The standard InChI is InChI=1S/C24H29N3O3/c1-2-14-30-20-8-6-17(7-9-20)15-26-12-10-19(11-13-26)27-16-18-4-3-5-21(23(25)28)22(18)24(27)29/h3-9,19H,2,10-16H2,1H3,(H2,25,28). The number of piperidine rings is 1. The zero-order valence-electron chi connectivity index (χ0n) is 17.5. The first-order chi connectivity index (χ1) is 14.6. The molecule has 0 radical (unpaired) electrons. The Labute approximate surface area is 177 Å². The molecule has 0 aliphatic carbocycles. The van der Waals surface area contributed by atoms with Crippen molar-refractivity contribution < 1.29 is 14.3 Å². The molecule has 2 aliphatic rings. The van der Waals surface area contributed by atoms with Gasteiger partial charge in [-0.1, -0.05) is 31.2 Å². The van der Waals surface area contributed by atoms with Gasteiger partial charge >= 0.3 is 0 Å². The summed E-state index contributed by atoms with van der Waals surface area (Å²) in [6.07, 6.45) is 2.87. The molecule has 2 aliphatic heterocycles. The van der Waals surface area contributed by atoms with Crippen LogP contribution in [-0.4, -0.2) is 47.4 Å². The van der Waals surface area contributed by atoms with E-state index in [1.807, 2.05) is 23.1 Å². The first-order valence-corrected chi connectivity index (χ1v) is 10.7. The number of amides is 2. The summed E-state index contributed by atoms with van der Waals surface area (Å²) in [7, 11) is 0. The van der Waals surface area contributed by atoms with Gasteiger partial charge in [0.25, 0.3) is 5.91 Å². The molecule has 1 fully saturated rings. The third-order valence-corrected chi connectivity index (χ3v) is 6.03. The van der Waals surface area contributed by atoms with Crippen LogP contribution in [0.1, 0.15) is 58.0 Å². The van der Waals surface area contributed by atoms with Crippen molar-refractivity contribution in [2.24, 2.45) is 5.73 Å². The highest BCUT2D eigenvalue weighted by molar-refractivity contribution is 6.09. The lowest BCUT2D eigenvalue weighted by Gasteiger charge is -2.36. The molecule has 0 spiro atoms. The molecule has 158 valence electrons. The van der Waals surface area contributed by atoms with E-state index in [2.05, 4.69) is 24.0 Å². The molecule has 0 aromatic heterocycles. The Balaban J connectivity index is 1.33. The van der Waals surface area contributed by atoms with Gasteiger partial charge in [-0.25, -0.2) is 0 Å². The molecule has 0 atom stereocenters. The molecule has 6 heteroatoms. The monoisotopic (exact) mass is 407 g/mol. The third kappa shape index (κ3) is 4.19. The average molecular weight is 408 g/mol. The minimum absolute atomic E-state index is 0.0551. The molecule has 2 aromatic carbocycles. The van der Waals surface area contributed by atoms with Crippen molar-refractivity contribution in [3.05, 3.63) is 64.7 Å². The van der Waals surface area contributed by atoms with E-state index < -0.39 is 5.91 Å². The predicted octanol–water partition coefficient (Wildman–Crippen LogP) is 3.19. The number of ether oxygens (including phenoxy) is 1. The highest BCUT2D eigenvalue weighted by Gasteiger charge is 2.36. The molecular weight excluding hydrogens is 378 g/mol. The zero-order valence-corrected chi connectivity index (χ0v) is 17.5. The van der Waals surface area contributed by atoms with Crippen LogP contribution in [0.3, 0.4) is 0 Å². The van der Waals surface area contributed by atoms with E-state index in [-0.39, 0.29) is 11.9 Å². The van der Waals surface area contributed by atoms with E-state index in [1.54, 1.807) is 12.1 Å². The summed E-state index contributed by atoms with van der Waals surface area (Å²) in [5.41, 5.74) is 8.49. The Hall–Kier alpha value is -2.86. The number of carbonyl (C=O) groups is 2. The Kier molecular flexibility index (Phi) is 6.04. The first-order valence-electron chi connectivity index (χ1n) is 10.7. The molecule has 2 heterocycles. The first kappa shape index (κ1) is 20.4. The van der Waals surface area contributed by atoms with Crippen molar-refractivity contribution in [2.75, 3.05) is 19.7 Å². The number of nitrogens with two attached hydrogens (primary N) is 1. The lowest BCUT2D eigenvalue weighted by molar-refractivity contribution is 0.0588. The fraction of sp³-hybridized carbons (Fsp3) is 0.417. The zero-order chi connectivity index (χ0) is 21.1. The van der Waals surface area contributed by atoms with Crippen molar-refractivity contribution in [2.45, 2.75) is 45.3 Å². The van der Waals surface area contributed by atoms with Gasteiger partial charge in [-0.3, -0.25) is 14.5 Å². The molecule has 30 heavy (non-hydrogen) atoms. The van der Waals surface area contributed by atoms with Gasteiger partial charge in [0.1, 0.15) is 5.75 Å². The molecule has 0 unspecified atom stereocenters. The van der Waals surface area contributed by atoms with E-state index in [1.165, 1.54) is 5.56 Å². The van der Waals surface area contributed by atoms with Crippen molar-refractivity contribution >= 4 is 11.8 Å². The summed E-state index contributed by atoms with van der Waals surface area (Å²) in [5.74, 6) is 0.324. The number of nitrogens with zero attached hydrogens (tertiary/aromatic N) is 2. The molecular formula is C24H29N3O3. The second-order valence-corrected chi connectivity index (χ2v) is 8.14. The normalized spacial score (nSPS) is 17.2. The summed E-state index contributed by atoms with van der Waals surface area (Å²) >= 11 is 0. The predicted molar refractivity (Wildman–Crippen MR) is 115 cm³/mol. The summed E-state index contributed by atoms with van der Waals surface area (Å²) in [5, 5.41) is 0. The lowest BCUT2D eigenvalue weighted by Crippen LogP contribution is -2.44. The number of benzene rings is 2. The maximum Gasteiger partial charge on any atom is 0.255 e. The van der Waals surface area contributed by atoms with Crippen LogP contribution in [0.2, 0.25) is 0 Å². The number of carbonyl (C=O) groups excluding carboxylic acids is 2. The van der Waals surface area contributed by atoms with E-state index >= 15 is 0 Å². The van der Waals surface area contributed by atoms with Gasteiger partial charge in [-0.15, -0.1) is 0 Å². The quantitative estimate of drug-likeness (QED) is 0.765. The second-order valence-electron chi connectivity index (χ2n) is 8.14. The fourth-order valence-corrected chi connectivity index (χ4v) is 4.44. The molecule has 0 bridgehead atoms. The molecule has 6 nitrogen and oxygen atoms in total. The van der Waals surface area contributed by atoms with Gasteiger partial charge in [0.15, 0.2) is 0 Å². The Morgan fingerprint density at radius 2 is 1.87 bits per heavy atom. The maximum atomic E-state index is 13.0. The van der Waals surface area contributed by atoms with Gasteiger partial charge in [0, 0.05) is 32.2 Å². The minimum atomic E-state index is -0.539. The molecule has 1 saturated heterocycles. The molecule has 2 N–H and O–H groups in total. The summed E-state index contributed by atoms with van der Waals surface area (Å²) in [6, 6.07) is 13.9. The van der Waals surface area contributed by atoms with Crippen LogP contribution in [0.4, 0.5) is 0 Å². The summed E-state index contributed by atoms with van der Waals surface area (Å²) < 4.78 is 5.65. The number of fused-ring (bicyclic) bond motifs is 1. The van der Waals surface area contributed by atoms with E-state index in [4.69, 9.17) is 10.5 Å². The van der Waals surface area contributed by atoms with Crippen LogP contribution < -0.4 is 10.5 Å². The largest absolute Gasteiger partial charge is 0.494 e. The van der Waals surface area contributed by atoms with Crippen LogP contribution in [-0.2, 0) is 13.1 Å². The van der Waals surface area contributed by atoms with Crippen LogP contribution in [0.5, 0.6) is 5.75 Å². The highest BCUT2D eigenvalue weighted by Crippen LogP contribution is 2.31. The Morgan fingerprint density at radius 3 is 2.53 bits per heavy atom. The van der Waals surface area contributed by atoms with E-state index in [9.17, 15) is 9.59 Å². The minimum Gasteiger partial charge on any atom is -0.494 e. The summed E-state index contributed by atoms with van der Waals surface area (Å²) in [4.78, 5) is 29.1. The Morgan fingerprint density at radius 1 is 1.13 bits per heavy atom. The topological polar surface area (TPSA) is 75.9 Å².